The number of aromatic nitrogens is 4. The van der Waals surface area contributed by atoms with Gasteiger partial charge >= 0.3 is 17.9 Å². The van der Waals surface area contributed by atoms with E-state index in [0.717, 1.165) is 14.2 Å². The summed E-state index contributed by atoms with van der Waals surface area (Å²) in [6.45, 7) is 3.79. The van der Waals surface area contributed by atoms with Gasteiger partial charge in [-0.2, -0.15) is 0 Å². The average molecular weight is 423 g/mol. The van der Waals surface area contributed by atoms with Gasteiger partial charge in [0, 0.05) is 12.3 Å². The molecule has 1 aliphatic rings. The summed E-state index contributed by atoms with van der Waals surface area (Å²) < 4.78 is 16.3. The smallest absolute Gasteiger partial charge is 0.332 e. The van der Waals surface area contributed by atoms with Crippen LogP contribution in [0, 0.1) is 11.3 Å². The normalized spacial score (nSPS) is 22.8. The molecular weight excluding hydrogens is 404 g/mol. The van der Waals surface area contributed by atoms with Gasteiger partial charge in [-0.1, -0.05) is 17.7 Å². The second kappa shape index (κ2) is 7.43. The average Bonchev–Trinajstić information content (AvgIpc) is 3.33. The highest BCUT2D eigenvalue weighted by Gasteiger charge is 2.67. The fourth-order valence-corrected chi connectivity index (χ4v) is 4.31. The summed E-state index contributed by atoms with van der Waals surface area (Å²) in [6.07, 6.45) is 3.68. The van der Waals surface area contributed by atoms with Gasteiger partial charge in [-0.15, -0.1) is 6.58 Å². The SMILES string of the molecule is C=C[C@@H]1CC(C(=O)OC)(C(=O)OC)C[C@@]1(C(=O)OC)n1cnc2c(Cl)ncnc21. The van der Waals surface area contributed by atoms with Crippen LogP contribution >= 0.6 is 11.6 Å². The van der Waals surface area contributed by atoms with Crippen LogP contribution < -0.4 is 0 Å². The summed E-state index contributed by atoms with van der Waals surface area (Å²) in [6, 6.07) is 0. The molecule has 0 bridgehead atoms. The van der Waals surface area contributed by atoms with E-state index in [1.54, 1.807) is 0 Å². The number of allylic oxidation sites excluding steroid dienone is 1. The van der Waals surface area contributed by atoms with Gasteiger partial charge in [0.15, 0.2) is 21.8 Å². The Balaban J connectivity index is 2.33. The van der Waals surface area contributed by atoms with Crippen LogP contribution in [0.15, 0.2) is 25.3 Å². The van der Waals surface area contributed by atoms with E-state index in [0.29, 0.717) is 0 Å². The maximum atomic E-state index is 13.1. The van der Waals surface area contributed by atoms with Gasteiger partial charge in [0.1, 0.15) is 11.8 Å². The predicted molar refractivity (Wildman–Crippen MR) is 99.7 cm³/mol. The molecule has 1 saturated carbocycles. The molecule has 0 aromatic carbocycles. The molecule has 154 valence electrons. The van der Waals surface area contributed by atoms with Crippen molar-refractivity contribution in [2.75, 3.05) is 21.3 Å². The Hall–Kier alpha value is -3.01. The van der Waals surface area contributed by atoms with Gasteiger partial charge < -0.3 is 14.2 Å². The third-order valence-corrected chi connectivity index (χ3v) is 5.72. The number of hydrogen-bond donors (Lipinski definition) is 0. The van der Waals surface area contributed by atoms with Crippen LogP contribution in [0.3, 0.4) is 0 Å². The summed E-state index contributed by atoms with van der Waals surface area (Å²) in [5, 5.41) is 0.0918. The number of carbonyl (C=O) groups is 3. The first-order valence-corrected chi connectivity index (χ1v) is 8.92. The number of fused-ring (bicyclic) bond motifs is 1. The van der Waals surface area contributed by atoms with E-state index in [1.807, 2.05) is 0 Å². The molecule has 2 atom stereocenters. The molecule has 11 heteroatoms. The van der Waals surface area contributed by atoms with Crippen molar-refractivity contribution in [1.29, 1.82) is 0 Å². The monoisotopic (exact) mass is 422 g/mol. The van der Waals surface area contributed by atoms with Crippen molar-refractivity contribution in [1.82, 2.24) is 19.5 Å². The van der Waals surface area contributed by atoms with Crippen molar-refractivity contribution in [3.63, 3.8) is 0 Å². The minimum absolute atomic E-state index is 0.0799. The van der Waals surface area contributed by atoms with E-state index >= 15 is 0 Å². The number of esters is 3. The van der Waals surface area contributed by atoms with E-state index < -0.39 is 34.8 Å². The topological polar surface area (TPSA) is 123 Å². The van der Waals surface area contributed by atoms with Crippen LogP contribution in [0.5, 0.6) is 0 Å². The lowest BCUT2D eigenvalue weighted by Crippen LogP contribution is -2.47. The largest absolute Gasteiger partial charge is 0.468 e. The standard InChI is InChI=1S/C18H19ClN4O6/c1-5-10-6-17(14(24)27-2,15(25)28-3)7-18(10,16(26)29-4)23-9-22-11-12(19)20-8-21-13(11)23/h5,8-10H,1,6-7H2,2-4H3/t10-,18-/m1/s1. The first-order valence-electron chi connectivity index (χ1n) is 8.54. The van der Waals surface area contributed by atoms with E-state index in [4.69, 9.17) is 25.8 Å². The first kappa shape index (κ1) is 20.7. The lowest BCUT2D eigenvalue weighted by atomic mass is 9.83. The third kappa shape index (κ3) is 2.78. The van der Waals surface area contributed by atoms with Gasteiger partial charge in [-0.3, -0.25) is 14.2 Å². The number of hydrogen-bond acceptors (Lipinski definition) is 9. The van der Waals surface area contributed by atoms with Crippen molar-refractivity contribution >= 4 is 40.7 Å². The quantitative estimate of drug-likeness (QED) is 0.230. The van der Waals surface area contributed by atoms with Crippen molar-refractivity contribution in [2.24, 2.45) is 11.3 Å². The predicted octanol–water partition coefficient (Wildman–Crippen LogP) is 1.28. The van der Waals surface area contributed by atoms with Crippen LogP contribution in [0.1, 0.15) is 12.8 Å². The lowest BCUT2D eigenvalue weighted by molar-refractivity contribution is -0.169. The molecular formula is C18H19ClN4O6. The minimum atomic E-state index is -1.75. The third-order valence-electron chi connectivity index (χ3n) is 5.45. The molecule has 1 fully saturated rings. The Morgan fingerprint density at radius 1 is 1.14 bits per heavy atom. The van der Waals surface area contributed by atoms with Crippen molar-refractivity contribution in [3.8, 4) is 0 Å². The number of nitrogens with zero attached hydrogens (tertiary/aromatic N) is 4. The van der Waals surface area contributed by atoms with Gasteiger partial charge in [-0.25, -0.2) is 19.7 Å². The van der Waals surface area contributed by atoms with Crippen LogP contribution in [-0.2, 0) is 34.1 Å². The molecule has 0 saturated heterocycles. The Labute approximate surface area is 170 Å². The van der Waals surface area contributed by atoms with E-state index in [2.05, 4.69) is 21.5 Å². The van der Waals surface area contributed by atoms with Gasteiger partial charge in [0.2, 0.25) is 0 Å². The minimum Gasteiger partial charge on any atom is -0.468 e. The van der Waals surface area contributed by atoms with Gasteiger partial charge in [-0.05, 0) is 6.42 Å². The fourth-order valence-electron chi connectivity index (χ4n) is 4.13. The molecule has 2 aromatic heterocycles. The highest BCUT2D eigenvalue weighted by atomic mass is 35.5. The molecule has 0 spiro atoms. The molecule has 0 unspecified atom stereocenters. The maximum Gasteiger partial charge on any atom is 0.332 e. The number of methoxy groups -OCH3 is 3. The van der Waals surface area contributed by atoms with E-state index in [-0.39, 0.29) is 29.2 Å². The first-order chi connectivity index (χ1) is 13.8. The molecule has 1 aliphatic carbocycles. The van der Waals surface area contributed by atoms with Crippen molar-refractivity contribution in [2.45, 2.75) is 18.4 Å². The van der Waals surface area contributed by atoms with Gasteiger partial charge in [0.25, 0.3) is 0 Å². The zero-order valence-corrected chi connectivity index (χ0v) is 16.8. The second-order valence-electron chi connectivity index (χ2n) is 6.66. The molecule has 0 N–H and O–H groups in total. The van der Waals surface area contributed by atoms with Crippen LogP contribution in [0.4, 0.5) is 0 Å². The van der Waals surface area contributed by atoms with Crippen molar-refractivity contribution in [3.05, 3.63) is 30.5 Å². The molecule has 2 heterocycles. The van der Waals surface area contributed by atoms with E-state index in [1.165, 1.54) is 30.4 Å². The molecule has 3 rings (SSSR count). The number of carbonyl (C=O) groups excluding carboxylic acids is 3. The highest BCUT2D eigenvalue weighted by molar-refractivity contribution is 6.33. The zero-order valence-electron chi connectivity index (χ0n) is 16.0. The van der Waals surface area contributed by atoms with Gasteiger partial charge in [0.05, 0.1) is 27.7 Å². The molecule has 10 nitrogen and oxygen atoms in total. The molecule has 29 heavy (non-hydrogen) atoms. The Morgan fingerprint density at radius 2 is 1.76 bits per heavy atom. The number of ether oxygens (including phenoxy) is 3. The number of imidazole rings is 1. The highest BCUT2D eigenvalue weighted by Crippen LogP contribution is 2.55. The Kier molecular flexibility index (Phi) is 5.31. The molecule has 0 radical (unpaired) electrons. The second-order valence-corrected chi connectivity index (χ2v) is 7.01. The van der Waals surface area contributed by atoms with E-state index in [9.17, 15) is 14.4 Å². The fraction of sp³-hybridized carbons (Fsp3) is 0.444. The molecule has 2 aromatic rings. The zero-order chi connectivity index (χ0) is 21.4. The Morgan fingerprint density at radius 3 is 2.31 bits per heavy atom. The van der Waals surface area contributed by atoms with Crippen LogP contribution in [0.2, 0.25) is 5.15 Å². The van der Waals surface area contributed by atoms with Crippen LogP contribution in [0.25, 0.3) is 11.2 Å². The lowest BCUT2D eigenvalue weighted by Gasteiger charge is -2.33. The van der Waals surface area contributed by atoms with Crippen molar-refractivity contribution < 1.29 is 28.6 Å². The summed E-state index contributed by atoms with van der Waals surface area (Å²) in [5.74, 6) is -3.05. The van der Waals surface area contributed by atoms with Crippen LogP contribution in [-0.4, -0.2) is 58.8 Å². The Bertz CT molecular complexity index is 989. The number of halogens is 1. The molecule has 0 aliphatic heterocycles. The summed E-state index contributed by atoms with van der Waals surface area (Å²) in [4.78, 5) is 50.8. The summed E-state index contributed by atoms with van der Waals surface area (Å²) in [5.41, 5.74) is -2.81. The number of rotatable bonds is 5. The maximum absolute atomic E-state index is 13.1. The summed E-state index contributed by atoms with van der Waals surface area (Å²) in [7, 11) is 3.53. The molecule has 0 amide bonds. The summed E-state index contributed by atoms with van der Waals surface area (Å²) >= 11 is 6.10.